The number of hydrogen-bond acceptors (Lipinski definition) is 4. The minimum Gasteiger partial charge on any atom is -0.352 e. The number of amides is 2. The first-order valence-electron chi connectivity index (χ1n) is 7.52. The monoisotopic (exact) mass is 390 g/mol. The lowest BCUT2D eigenvalue weighted by molar-refractivity contribution is -0.125. The van der Waals surface area contributed by atoms with E-state index in [-0.39, 0.29) is 34.4 Å². The topological polar surface area (TPSA) is 92.3 Å². The van der Waals surface area contributed by atoms with Crippen LogP contribution in [0.25, 0.3) is 0 Å². The van der Waals surface area contributed by atoms with Gasteiger partial charge in [0.05, 0.1) is 39.1 Å². The first-order valence-corrected chi connectivity index (χ1v) is 10.1. The van der Waals surface area contributed by atoms with Crippen molar-refractivity contribution in [1.82, 2.24) is 5.32 Å². The van der Waals surface area contributed by atoms with Crippen molar-refractivity contribution in [1.29, 1.82) is 0 Å². The van der Waals surface area contributed by atoms with Crippen molar-refractivity contribution in [2.75, 3.05) is 16.8 Å². The highest BCUT2D eigenvalue weighted by Crippen LogP contribution is 2.40. The third kappa shape index (κ3) is 3.84. The Kier molecular flexibility index (Phi) is 4.77. The highest BCUT2D eigenvalue weighted by atomic mass is 35.5. The first-order chi connectivity index (χ1) is 11.3. The fourth-order valence-electron chi connectivity index (χ4n) is 2.82. The second-order valence-corrected chi connectivity index (χ2v) is 9.16. The quantitative estimate of drug-likeness (QED) is 0.820. The van der Waals surface area contributed by atoms with E-state index in [9.17, 15) is 18.0 Å². The molecule has 3 atom stereocenters. The average Bonchev–Trinajstić information content (AvgIpc) is 3.24. The van der Waals surface area contributed by atoms with Crippen molar-refractivity contribution < 1.29 is 18.0 Å². The van der Waals surface area contributed by atoms with E-state index in [1.54, 1.807) is 18.2 Å². The maximum absolute atomic E-state index is 12.2. The number of halogens is 2. The maximum Gasteiger partial charge on any atom is 0.228 e. The summed E-state index contributed by atoms with van der Waals surface area (Å²) in [4.78, 5) is 24.3. The van der Waals surface area contributed by atoms with Crippen LogP contribution in [0.5, 0.6) is 0 Å². The Bertz CT molecular complexity index is 797. The summed E-state index contributed by atoms with van der Waals surface area (Å²) in [6, 6.07) is 4.56. The molecule has 2 N–H and O–H groups in total. The summed E-state index contributed by atoms with van der Waals surface area (Å²) in [6.45, 7) is 0. The summed E-state index contributed by atoms with van der Waals surface area (Å²) in [6.07, 6.45) is 0.866. The molecule has 1 aromatic rings. The third-order valence-corrected chi connectivity index (χ3v) is 6.84. The standard InChI is InChI=1S/C15H16Cl2N2O4S/c16-11-2-1-3-12(13(11)17)19-15(21)10-6-9(10)14(20)18-8-4-5-24(22,23)7-8/h1-3,8-10H,4-7H2,(H,18,20)(H,19,21). The zero-order chi connectivity index (χ0) is 17.5. The second kappa shape index (κ2) is 6.54. The Morgan fingerprint density at radius 2 is 1.83 bits per heavy atom. The molecule has 1 saturated heterocycles. The number of carbonyl (C=O) groups is 2. The molecule has 6 nitrogen and oxygen atoms in total. The summed E-state index contributed by atoms with van der Waals surface area (Å²) >= 11 is 11.9. The lowest BCUT2D eigenvalue weighted by atomic mass is 10.2. The van der Waals surface area contributed by atoms with Gasteiger partial charge in [0.15, 0.2) is 9.84 Å². The molecule has 1 aliphatic carbocycles. The zero-order valence-corrected chi connectivity index (χ0v) is 14.9. The fourth-order valence-corrected chi connectivity index (χ4v) is 4.84. The van der Waals surface area contributed by atoms with Gasteiger partial charge in [0.1, 0.15) is 0 Å². The van der Waals surface area contributed by atoms with Crippen LogP contribution < -0.4 is 10.6 Å². The number of carbonyl (C=O) groups excluding carboxylic acids is 2. The van der Waals surface area contributed by atoms with Crippen LogP contribution in [0, 0.1) is 11.8 Å². The number of hydrogen-bond donors (Lipinski definition) is 2. The van der Waals surface area contributed by atoms with E-state index in [4.69, 9.17) is 23.2 Å². The van der Waals surface area contributed by atoms with E-state index in [1.165, 1.54) is 0 Å². The van der Waals surface area contributed by atoms with Gasteiger partial charge in [0.2, 0.25) is 11.8 Å². The van der Waals surface area contributed by atoms with E-state index < -0.39 is 21.7 Å². The molecule has 1 heterocycles. The zero-order valence-electron chi connectivity index (χ0n) is 12.6. The number of rotatable bonds is 4. The Morgan fingerprint density at radius 1 is 1.12 bits per heavy atom. The predicted octanol–water partition coefficient (Wildman–Crippen LogP) is 1.87. The van der Waals surface area contributed by atoms with Crippen LogP contribution in [0.1, 0.15) is 12.8 Å². The highest BCUT2D eigenvalue weighted by Gasteiger charge is 2.48. The predicted molar refractivity (Wildman–Crippen MR) is 91.9 cm³/mol. The number of sulfone groups is 1. The van der Waals surface area contributed by atoms with Crippen LogP contribution in [0.4, 0.5) is 5.69 Å². The van der Waals surface area contributed by atoms with E-state index in [0.29, 0.717) is 23.6 Å². The highest BCUT2D eigenvalue weighted by molar-refractivity contribution is 7.91. The lowest BCUT2D eigenvalue weighted by Gasteiger charge is -2.11. The van der Waals surface area contributed by atoms with Crippen LogP contribution in [0.3, 0.4) is 0 Å². The van der Waals surface area contributed by atoms with Gasteiger partial charge in [-0.25, -0.2) is 8.42 Å². The van der Waals surface area contributed by atoms with Crippen molar-refractivity contribution in [2.24, 2.45) is 11.8 Å². The van der Waals surface area contributed by atoms with Gasteiger partial charge in [0, 0.05) is 6.04 Å². The molecule has 3 unspecified atom stereocenters. The molecule has 0 aromatic heterocycles. The van der Waals surface area contributed by atoms with Crippen molar-refractivity contribution in [2.45, 2.75) is 18.9 Å². The Balaban J connectivity index is 1.54. The van der Waals surface area contributed by atoms with Crippen LogP contribution in [-0.2, 0) is 19.4 Å². The molecule has 0 spiro atoms. The molecule has 0 bridgehead atoms. The van der Waals surface area contributed by atoms with Crippen molar-refractivity contribution in [3.05, 3.63) is 28.2 Å². The van der Waals surface area contributed by atoms with E-state index in [1.807, 2.05) is 0 Å². The van der Waals surface area contributed by atoms with Crippen LogP contribution in [0.15, 0.2) is 18.2 Å². The van der Waals surface area contributed by atoms with Gasteiger partial charge < -0.3 is 10.6 Å². The molecule has 130 valence electrons. The Morgan fingerprint density at radius 3 is 2.50 bits per heavy atom. The summed E-state index contributed by atoms with van der Waals surface area (Å²) in [5.41, 5.74) is 0.405. The lowest BCUT2D eigenvalue weighted by Crippen LogP contribution is -2.37. The minimum absolute atomic E-state index is 0.0273. The Hall–Kier alpha value is -1.31. The second-order valence-electron chi connectivity index (χ2n) is 6.15. The van der Waals surface area contributed by atoms with Gasteiger partial charge in [-0.1, -0.05) is 29.3 Å². The van der Waals surface area contributed by atoms with Gasteiger partial charge >= 0.3 is 0 Å². The third-order valence-electron chi connectivity index (χ3n) is 4.25. The van der Waals surface area contributed by atoms with Crippen LogP contribution in [-0.4, -0.2) is 37.8 Å². The van der Waals surface area contributed by atoms with Crippen LogP contribution in [0.2, 0.25) is 10.0 Å². The molecule has 2 amide bonds. The number of benzene rings is 1. The van der Waals surface area contributed by atoms with E-state index >= 15 is 0 Å². The maximum atomic E-state index is 12.2. The van der Waals surface area contributed by atoms with Crippen molar-refractivity contribution >= 4 is 50.5 Å². The number of anilines is 1. The van der Waals surface area contributed by atoms with Crippen molar-refractivity contribution in [3.63, 3.8) is 0 Å². The summed E-state index contributed by atoms with van der Waals surface area (Å²) in [7, 11) is -3.05. The Labute approximate surface area is 149 Å². The SMILES string of the molecule is O=C(Nc1cccc(Cl)c1Cl)C1CC1C(=O)NC1CCS(=O)(=O)C1. The number of nitrogens with one attached hydrogen (secondary N) is 2. The average molecular weight is 391 g/mol. The van der Waals surface area contributed by atoms with Gasteiger partial charge in [-0.15, -0.1) is 0 Å². The molecule has 2 fully saturated rings. The molecule has 1 aromatic carbocycles. The normalized spacial score (nSPS) is 27.5. The fraction of sp³-hybridized carbons (Fsp3) is 0.467. The van der Waals surface area contributed by atoms with Crippen molar-refractivity contribution in [3.8, 4) is 0 Å². The summed E-state index contributed by atoms with van der Waals surface area (Å²) < 4.78 is 22.8. The molecule has 1 saturated carbocycles. The smallest absolute Gasteiger partial charge is 0.228 e. The van der Waals surface area contributed by atoms with Crippen LogP contribution >= 0.6 is 23.2 Å². The molecule has 24 heavy (non-hydrogen) atoms. The molecule has 3 rings (SSSR count). The largest absolute Gasteiger partial charge is 0.352 e. The molecular weight excluding hydrogens is 375 g/mol. The van der Waals surface area contributed by atoms with Gasteiger partial charge in [-0.2, -0.15) is 0 Å². The molecule has 1 aliphatic heterocycles. The first kappa shape index (κ1) is 17.5. The van der Waals surface area contributed by atoms with Gasteiger partial charge in [0.25, 0.3) is 0 Å². The molecule has 0 radical (unpaired) electrons. The summed E-state index contributed by atoms with van der Waals surface area (Å²) in [5.74, 6) is -1.35. The molecule has 9 heteroatoms. The van der Waals surface area contributed by atoms with E-state index in [0.717, 1.165) is 0 Å². The van der Waals surface area contributed by atoms with Gasteiger partial charge in [-0.05, 0) is 25.0 Å². The summed E-state index contributed by atoms with van der Waals surface area (Å²) in [5, 5.41) is 5.98. The molecular formula is C15H16Cl2N2O4S. The van der Waals surface area contributed by atoms with E-state index in [2.05, 4.69) is 10.6 Å². The van der Waals surface area contributed by atoms with Gasteiger partial charge in [-0.3, -0.25) is 9.59 Å². The minimum atomic E-state index is -3.05. The molecule has 2 aliphatic rings.